The quantitative estimate of drug-likeness (QED) is 0.755. The number of furan rings is 1. The van der Waals surface area contributed by atoms with E-state index in [2.05, 4.69) is 26.1 Å². The minimum Gasteiger partial charge on any atom is -0.468 e. The van der Waals surface area contributed by atoms with Gasteiger partial charge in [0.05, 0.1) is 12.3 Å². The van der Waals surface area contributed by atoms with Gasteiger partial charge in [0.25, 0.3) is 0 Å². The van der Waals surface area contributed by atoms with Crippen molar-refractivity contribution in [3.05, 3.63) is 24.2 Å². The van der Waals surface area contributed by atoms with Crippen molar-refractivity contribution in [3.8, 4) is 0 Å². The number of rotatable bonds is 5. The third-order valence-electron chi connectivity index (χ3n) is 2.44. The summed E-state index contributed by atoms with van der Waals surface area (Å²) in [5, 5.41) is 3.44. The fourth-order valence-electron chi connectivity index (χ4n) is 1.16. The summed E-state index contributed by atoms with van der Waals surface area (Å²) in [4.78, 5) is 0. The van der Waals surface area contributed by atoms with Crippen LogP contribution < -0.4 is 5.32 Å². The van der Waals surface area contributed by atoms with Gasteiger partial charge in [0.2, 0.25) is 0 Å². The Morgan fingerprint density at radius 3 is 2.77 bits per heavy atom. The van der Waals surface area contributed by atoms with Crippen LogP contribution >= 0.6 is 0 Å². The van der Waals surface area contributed by atoms with Crippen LogP contribution in [0.1, 0.15) is 39.0 Å². The van der Waals surface area contributed by atoms with Crippen molar-refractivity contribution in [1.82, 2.24) is 5.32 Å². The highest BCUT2D eigenvalue weighted by molar-refractivity contribution is 5.02. The Morgan fingerprint density at radius 1 is 1.46 bits per heavy atom. The molecule has 0 saturated heterocycles. The molecule has 0 aromatic carbocycles. The molecule has 2 atom stereocenters. The molecule has 0 aliphatic carbocycles. The SMILES string of the molecule is CCC(C)CN[C@H](C)c1ccco1. The van der Waals surface area contributed by atoms with Crippen molar-refractivity contribution in [2.75, 3.05) is 6.54 Å². The van der Waals surface area contributed by atoms with Crippen molar-refractivity contribution in [2.24, 2.45) is 5.92 Å². The molecule has 0 aliphatic heterocycles. The van der Waals surface area contributed by atoms with Gasteiger partial charge in [-0.1, -0.05) is 20.3 Å². The summed E-state index contributed by atoms with van der Waals surface area (Å²) in [5.74, 6) is 1.75. The predicted octanol–water partition coefficient (Wildman–Crippen LogP) is 2.98. The molecule has 1 unspecified atom stereocenters. The van der Waals surface area contributed by atoms with Crippen molar-refractivity contribution in [3.63, 3.8) is 0 Å². The lowest BCUT2D eigenvalue weighted by molar-refractivity contribution is 0.400. The molecule has 0 radical (unpaired) electrons. The molecule has 1 heterocycles. The van der Waals surface area contributed by atoms with E-state index in [0.29, 0.717) is 6.04 Å². The van der Waals surface area contributed by atoms with Crippen LogP contribution in [0.25, 0.3) is 0 Å². The maximum atomic E-state index is 5.30. The van der Waals surface area contributed by atoms with Crippen LogP contribution in [0.4, 0.5) is 0 Å². The van der Waals surface area contributed by atoms with Gasteiger partial charge in [-0.3, -0.25) is 0 Å². The molecular weight excluding hydrogens is 162 g/mol. The van der Waals surface area contributed by atoms with E-state index in [1.807, 2.05) is 12.1 Å². The van der Waals surface area contributed by atoms with Crippen LogP contribution in [-0.2, 0) is 0 Å². The summed E-state index contributed by atoms with van der Waals surface area (Å²) in [7, 11) is 0. The van der Waals surface area contributed by atoms with Gasteiger partial charge in [-0.15, -0.1) is 0 Å². The molecule has 1 aromatic heterocycles. The molecule has 1 aromatic rings. The Morgan fingerprint density at radius 2 is 2.23 bits per heavy atom. The van der Waals surface area contributed by atoms with Crippen LogP contribution in [-0.4, -0.2) is 6.54 Å². The third kappa shape index (κ3) is 3.23. The van der Waals surface area contributed by atoms with Crippen molar-refractivity contribution in [2.45, 2.75) is 33.2 Å². The average molecular weight is 181 g/mol. The molecule has 1 rings (SSSR count). The Bertz CT molecular complexity index is 218. The number of hydrogen-bond donors (Lipinski definition) is 1. The maximum Gasteiger partial charge on any atom is 0.120 e. The zero-order valence-electron chi connectivity index (χ0n) is 8.71. The van der Waals surface area contributed by atoms with Crippen LogP contribution in [0, 0.1) is 5.92 Å². The minimum atomic E-state index is 0.323. The van der Waals surface area contributed by atoms with Gasteiger partial charge < -0.3 is 9.73 Å². The van der Waals surface area contributed by atoms with E-state index in [-0.39, 0.29) is 0 Å². The smallest absolute Gasteiger partial charge is 0.120 e. The Kier molecular flexibility index (Phi) is 4.03. The average Bonchev–Trinajstić information content (AvgIpc) is 2.66. The molecule has 13 heavy (non-hydrogen) atoms. The third-order valence-corrected chi connectivity index (χ3v) is 2.44. The van der Waals surface area contributed by atoms with E-state index in [0.717, 1.165) is 18.2 Å². The van der Waals surface area contributed by atoms with Crippen molar-refractivity contribution in [1.29, 1.82) is 0 Å². The Balaban J connectivity index is 2.30. The molecular formula is C11H19NO. The van der Waals surface area contributed by atoms with Crippen molar-refractivity contribution >= 4 is 0 Å². The van der Waals surface area contributed by atoms with E-state index < -0.39 is 0 Å². The highest BCUT2D eigenvalue weighted by Crippen LogP contribution is 2.12. The zero-order chi connectivity index (χ0) is 9.68. The number of nitrogens with one attached hydrogen (secondary N) is 1. The highest BCUT2D eigenvalue weighted by Gasteiger charge is 2.08. The zero-order valence-corrected chi connectivity index (χ0v) is 8.71. The molecule has 0 fully saturated rings. The van der Waals surface area contributed by atoms with Gasteiger partial charge in [0.15, 0.2) is 0 Å². The topological polar surface area (TPSA) is 25.2 Å². The van der Waals surface area contributed by atoms with Gasteiger partial charge in [-0.05, 0) is 31.5 Å². The first kappa shape index (κ1) is 10.3. The van der Waals surface area contributed by atoms with E-state index in [9.17, 15) is 0 Å². The lowest BCUT2D eigenvalue weighted by Gasteiger charge is -2.14. The van der Waals surface area contributed by atoms with Crippen LogP contribution in [0.3, 0.4) is 0 Å². The first-order valence-corrected chi connectivity index (χ1v) is 5.00. The first-order valence-electron chi connectivity index (χ1n) is 5.00. The van der Waals surface area contributed by atoms with E-state index in [1.165, 1.54) is 6.42 Å². The molecule has 1 N–H and O–H groups in total. The molecule has 0 saturated carbocycles. The summed E-state index contributed by atoms with van der Waals surface area (Å²) in [6.07, 6.45) is 2.94. The van der Waals surface area contributed by atoms with Crippen molar-refractivity contribution < 1.29 is 4.42 Å². The Labute approximate surface area is 80.3 Å². The van der Waals surface area contributed by atoms with Gasteiger partial charge in [-0.25, -0.2) is 0 Å². The van der Waals surface area contributed by atoms with E-state index in [4.69, 9.17) is 4.42 Å². The van der Waals surface area contributed by atoms with Crippen LogP contribution in [0.2, 0.25) is 0 Å². The summed E-state index contributed by atoms with van der Waals surface area (Å²) >= 11 is 0. The van der Waals surface area contributed by atoms with Gasteiger partial charge in [0, 0.05) is 0 Å². The summed E-state index contributed by atoms with van der Waals surface area (Å²) in [6.45, 7) is 7.64. The Hall–Kier alpha value is -0.760. The standard InChI is InChI=1S/C11H19NO/c1-4-9(2)8-12-10(3)11-6-5-7-13-11/h5-7,9-10,12H,4,8H2,1-3H3/t9?,10-/m1/s1. The highest BCUT2D eigenvalue weighted by atomic mass is 16.3. The van der Waals surface area contributed by atoms with Gasteiger partial charge >= 0.3 is 0 Å². The van der Waals surface area contributed by atoms with Gasteiger partial charge in [-0.2, -0.15) is 0 Å². The molecule has 0 amide bonds. The van der Waals surface area contributed by atoms with Crippen LogP contribution in [0.5, 0.6) is 0 Å². The van der Waals surface area contributed by atoms with Crippen LogP contribution in [0.15, 0.2) is 22.8 Å². The lowest BCUT2D eigenvalue weighted by atomic mass is 10.1. The fourth-order valence-corrected chi connectivity index (χ4v) is 1.16. The van der Waals surface area contributed by atoms with Gasteiger partial charge in [0.1, 0.15) is 5.76 Å². The molecule has 0 bridgehead atoms. The summed E-state index contributed by atoms with van der Waals surface area (Å²) in [6, 6.07) is 4.26. The van der Waals surface area contributed by atoms with E-state index in [1.54, 1.807) is 6.26 Å². The monoisotopic (exact) mass is 181 g/mol. The number of hydrogen-bond acceptors (Lipinski definition) is 2. The summed E-state index contributed by atoms with van der Waals surface area (Å²) in [5.41, 5.74) is 0. The van der Waals surface area contributed by atoms with E-state index >= 15 is 0 Å². The fraction of sp³-hybridized carbons (Fsp3) is 0.636. The molecule has 2 heteroatoms. The maximum absolute atomic E-state index is 5.30. The first-order chi connectivity index (χ1) is 6.24. The second-order valence-electron chi connectivity index (χ2n) is 3.66. The second-order valence-corrected chi connectivity index (χ2v) is 3.66. The molecule has 0 aliphatic rings. The summed E-state index contributed by atoms with van der Waals surface area (Å²) < 4.78 is 5.30. The normalized spacial score (nSPS) is 15.6. The minimum absolute atomic E-state index is 0.323. The molecule has 74 valence electrons. The largest absolute Gasteiger partial charge is 0.468 e. The second kappa shape index (κ2) is 5.07. The molecule has 2 nitrogen and oxygen atoms in total. The lowest BCUT2D eigenvalue weighted by Crippen LogP contribution is -2.23. The predicted molar refractivity (Wildman–Crippen MR) is 54.6 cm³/mol. The molecule has 0 spiro atoms.